The third-order valence-electron chi connectivity index (χ3n) is 5.00. The second-order valence-corrected chi connectivity index (χ2v) is 6.94. The van der Waals surface area contributed by atoms with Crippen LogP contribution < -0.4 is 10.1 Å². The third-order valence-corrected chi connectivity index (χ3v) is 5.00. The summed E-state index contributed by atoms with van der Waals surface area (Å²) in [6.07, 6.45) is -1.12. The minimum atomic E-state index is -0.767. The van der Waals surface area contributed by atoms with Gasteiger partial charge in [0.2, 0.25) is 5.91 Å². The van der Waals surface area contributed by atoms with Gasteiger partial charge in [0.05, 0.1) is 18.8 Å². The van der Waals surface area contributed by atoms with Crippen molar-refractivity contribution in [2.45, 2.75) is 25.2 Å². The van der Waals surface area contributed by atoms with E-state index in [2.05, 4.69) is 10.2 Å². The molecule has 1 aromatic rings. The number of aliphatic hydroxyl groups excluding tert-OH is 1. The quantitative estimate of drug-likeness (QED) is 0.693. The van der Waals surface area contributed by atoms with Gasteiger partial charge in [-0.3, -0.25) is 14.5 Å². The minimum Gasteiger partial charge on any atom is -0.484 e. The summed E-state index contributed by atoms with van der Waals surface area (Å²) >= 11 is 0. The topological polar surface area (TPSA) is 91.3 Å². The Kier molecular flexibility index (Phi) is 6.65. The van der Waals surface area contributed by atoms with Crippen LogP contribution >= 0.6 is 0 Å². The predicted molar refractivity (Wildman–Crippen MR) is 98.3 cm³/mol. The molecule has 2 saturated heterocycles. The van der Waals surface area contributed by atoms with Gasteiger partial charge in [-0.1, -0.05) is 18.2 Å². The van der Waals surface area contributed by atoms with Gasteiger partial charge in [-0.2, -0.15) is 0 Å². The Morgan fingerprint density at radius 2 is 1.93 bits per heavy atom. The first kappa shape index (κ1) is 19.6. The van der Waals surface area contributed by atoms with E-state index in [1.54, 1.807) is 19.1 Å². The van der Waals surface area contributed by atoms with Crippen molar-refractivity contribution in [3.05, 3.63) is 30.3 Å². The number of carbonyl (C=O) groups is 2. The van der Waals surface area contributed by atoms with E-state index in [1.807, 2.05) is 23.1 Å². The van der Waals surface area contributed by atoms with Crippen molar-refractivity contribution < 1.29 is 24.2 Å². The lowest BCUT2D eigenvalue weighted by molar-refractivity contribution is -0.130. The van der Waals surface area contributed by atoms with E-state index in [4.69, 9.17) is 9.47 Å². The molecule has 148 valence electrons. The molecular weight excluding hydrogens is 350 g/mol. The van der Waals surface area contributed by atoms with Crippen LogP contribution in [0.2, 0.25) is 0 Å². The van der Waals surface area contributed by atoms with Crippen LogP contribution in [-0.4, -0.2) is 90.9 Å². The van der Waals surface area contributed by atoms with Crippen LogP contribution in [0.4, 0.5) is 0 Å². The minimum absolute atomic E-state index is 0.0901. The molecule has 2 amide bonds. The van der Waals surface area contributed by atoms with Gasteiger partial charge in [-0.15, -0.1) is 0 Å². The zero-order valence-corrected chi connectivity index (χ0v) is 15.5. The Hall–Kier alpha value is -2.16. The number of hydrogen-bond donors (Lipinski definition) is 2. The molecule has 3 atom stereocenters. The van der Waals surface area contributed by atoms with Crippen molar-refractivity contribution in [2.75, 3.05) is 45.9 Å². The van der Waals surface area contributed by atoms with Crippen LogP contribution in [0.3, 0.4) is 0 Å². The number of ether oxygens (including phenoxy) is 2. The summed E-state index contributed by atoms with van der Waals surface area (Å²) in [6.45, 7) is 5.22. The number of nitrogens with zero attached hydrogens (tertiary/aromatic N) is 2. The van der Waals surface area contributed by atoms with Crippen LogP contribution in [0.15, 0.2) is 30.3 Å². The fourth-order valence-electron chi connectivity index (χ4n) is 3.39. The molecule has 2 aliphatic rings. The molecule has 0 unspecified atom stereocenters. The molecule has 0 bridgehead atoms. The average Bonchev–Trinajstić information content (AvgIpc) is 3.01. The van der Waals surface area contributed by atoms with Gasteiger partial charge < -0.3 is 24.8 Å². The van der Waals surface area contributed by atoms with Crippen molar-refractivity contribution in [3.8, 4) is 5.75 Å². The zero-order chi connectivity index (χ0) is 19.2. The van der Waals surface area contributed by atoms with E-state index in [-0.39, 0.29) is 31.1 Å². The van der Waals surface area contributed by atoms with Gasteiger partial charge >= 0.3 is 0 Å². The molecule has 2 aliphatic heterocycles. The van der Waals surface area contributed by atoms with E-state index in [9.17, 15) is 14.7 Å². The number of nitrogens with one attached hydrogen (secondary N) is 1. The number of rotatable bonds is 6. The summed E-state index contributed by atoms with van der Waals surface area (Å²) in [4.78, 5) is 27.4. The summed E-state index contributed by atoms with van der Waals surface area (Å²) in [7, 11) is 0. The summed E-state index contributed by atoms with van der Waals surface area (Å²) in [6, 6.07) is 8.66. The Morgan fingerprint density at radius 3 is 2.59 bits per heavy atom. The Bertz CT molecular complexity index is 633. The molecule has 2 heterocycles. The number of amides is 2. The number of para-hydroxylation sites is 1. The van der Waals surface area contributed by atoms with Gasteiger partial charge in [0.15, 0.2) is 6.61 Å². The highest BCUT2D eigenvalue weighted by molar-refractivity contribution is 5.78. The van der Waals surface area contributed by atoms with Crippen molar-refractivity contribution >= 4 is 11.8 Å². The molecule has 8 heteroatoms. The molecule has 0 radical (unpaired) electrons. The molecule has 0 saturated carbocycles. The first-order valence-electron chi connectivity index (χ1n) is 9.27. The fourth-order valence-corrected chi connectivity index (χ4v) is 3.39. The van der Waals surface area contributed by atoms with Crippen molar-refractivity contribution in [3.63, 3.8) is 0 Å². The lowest BCUT2D eigenvalue weighted by atomic mass is 10.1. The van der Waals surface area contributed by atoms with Gasteiger partial charge in [-0.25, -0.2) is 0 Å². The standard InChI is InChI=1S/C19H27N3O5/c1-14(23)22-9-7-21(8-10-22)11-17-19(25)16(12-27-17)20-18(24)13-26-15-5-3-2-4-6-15/h2-6,16-17,19,25H,7-13H2,1H3,(H,20,24)/t16-,17-,19+/m0/s1. The smallest absolute Gasteiger partial charge is 0.258 e. The van der Waals surface area contributed by atoms with Gasteiger partial charge in [0, 0.05) is 39.6 Å². The van der Waals surface area contributed by atoms with Crippen LogP contribution in [-0.2, 0) is 14.3 Å². The molecule has 2 N–H and O–H groups in total. The maximum absolute atomic E-state index is 12.1. The van der Waals surface area contributed by atoms with Gasteiger partial charge in [0.25, 0.3) is 5.91 Å². The van der Waals surface area contributed by atoms with Crippen LogP contribution in [0.25, 0.3) is 0 Å². The SMILES string of the molecule is CC(=O)N1CCN(C[C@@H]2OC[C@H](NC(=O)COc3ccccc3)[C@H]2O)CC1. The van der Waals surface area contributed by atoms with Gasteiger partial charge in [0.1, 0.15) is 11.9 Å². The van der Waals surface area contributed by atoms with E-state index in [0.717, 1.165) is 13.1 Å². The normalized spacial score (nSPS) is 26.0. The number of benzene rings is 1. The maximum atomic E-state index is 12.1. The largest absolute Gasteiger partial charge is 0.484 e. The van der Waals surface area contributed by atoms with Crippen molar-refractivity contribution in [1.29, 1.82) is 0 Å². The highest BCUT2D eigenvalue weighted by Gasteiger charge is 2.38. The highest BCUT2D eigenvalue weighted by atomic mass is 16.5. The van der Waals surface area contributed by atoms with Crippen molar-refractivity contribution in [2.24, 2.45) is 0 Å². The summed E-state index contributed by atoms with van der Waals surface area (Å²) < 4.78 is 11.1. The molecule has 3 rings (SSSR count). The Labute approximate surface area is 159 Å². The molecule has 27 heavy (non-hydrogen) atoms. The Morgan fingerprint density at radius 1 is 1.22 bits per heavy atom. The second kappa shape index (κ2) is 9.16. The van der Waals surface area contributed by atoms with Gasteiger partial charge in [-0.05, 0) is 12.1 Å². The molecule has 0 aromatic heterocycles. The third kappa shape index (κ3) is 5.41. The Balaban J connectivity index is 1.40. The maximum Gasteiger partial charge on any atom is 0.258 e. The molecule has 8 nitrogen and oxygen atoms in total. The predicted octanol–water partition coefficient (Wildman–Crippen LogP) is -0.526. The molecule has 2 fully saturated rings. The van der Waals surface area contributed by atoms with Crippen LogP contribution in [0.5, 0.6) is 5.75 Å². The molecule has 1 aromatic carbocycles. The average molecular weight is 377 g/mol. The summed E-state index contributed by atoms with van der Waals surface area (Å²) in [5.74, 6) is 0.424. The number of carbonyl (C=O) groups excluding carboxylic acids is 2. The van der Waals surface area contributed by atoms with E-state index in [0.29, 0.717) is 25.4 Å². The molecule has 0 spiro atoms. The zero-order valence-electron chi connectivity index (χ0n) is 15.5. The second-order valence-electron chi connectivity index (χ2n) is 6.94. The fraction of sp³-hybridized carbons (Fsp3) is 0.579. The van der Waals surface area contributed by atoms with E-state index < -0.39 is 12.1 Å². The number of aliphatic hydroxyl groups is 1. The number of piperazine rings is 1. The highest BCUT2D eigenvalue weighted by Crippen LogP contribution is 2.17. The summed E-state index contributed by atoms with van der Waals surface area (Å²) in [5, 5.41) is 13.3. The van der Waals surface area contributed by atoms with E-state index >= 15 is 0 Å². The molecule has 0 aliphatic carbocycles. The first-order valence-corrected chi connectivity index (χ1v) is 9.27. The van der Waals surface area contributed by atoms with Crippen LogP contribution in [0.1, 0.15) is 6.92 Å². The number of hydrogen-bond acceptors (Lipinski definition) is 6. The molecular formula is C19H27N3O5. The monoisotopic (exact) mass is 377 g/mol. The summed E-state index contributed by atoms with van der Waals surface area (Å²) in [5.41, 5.74) is 0. The first-order chi connectivity index (χ1) is 13.0. The van der Waals surface area contributed by atoms with Crippen molar-refractivity contribution in [1.82, 2.24) is 15.1 Å². The van der Waals surface area contributed by atoms with E-state index in [1.165, 1.54) is 0 Å². The van der Waals surface area contributed by atoms with Crippen LogP contribution in [0, 0.1) is 0 Å². The lowest BCUT2D eigenvalue weighted by Crippen LogP contribution is -2.52. The lowest BCUT2D eigenvalue weighted by Gasteiger charge is -2.35.